The van der Waals surface area contributed by atoms with Gasteiger partial charge in [0.05, 0.1) is 12.3 Å². The van der Waals surface area contributed by atoms with Crippen molar-refractivity contribution in [2.75, 3.05) is 19.6 Å². The van der Waals surface area contributed by atoms with Crippen molar-refractivity contribution in [2.24, 2.45) is 5.92 Å². The minimum atomic E-state index is -0.224. The zero-order valence-corrected chi connectivity index (χ0v) is 17.0. The van der Waals surface area contributed by atoms with Gasteiger partial charge in [0, 0.05) is 45.0 Å². The molecule has 2 aromatic rings. The van der Waals surface area contributed by atoms with Gasteiger partial charge in [0.1, 0.15) is 0 Å². The molecule has 1 saturated heterocycles. The number of nitrogens with one attached hydrogen (secondary N) is 2. The molecule has 30 heavy (non-hydrogen) atoms. The molecule has 2 heterocycles. The number of rotatable bonds is 8. The van der Waals surface area contributed by atoms with Gasteiger partial charge in [-0.05, 0) is 36.1 Å². The number of piperidine rings is 1. The van der Waals surface area contributed by atoms with Crippen LogP contribution in [0.1, 0.15) is 30.4 Å². The predicted octanol–water partition coefficient (Wildman–Crippen LogP) is 1.69. The Labute approximate surface area is 176 Å². The summed E-state index contributed by atoms with van der Waals surface area (Å²) in [6, 6.07) is 13.3. The van der Waals surface area contributed by atoms with Crippen LogP contribution in [0.4, 0.5) is 0 Å². The number of nitrogens with zero attached hydrogens (tertiary/aromatic N) is 2. The zero-order valence-electron chi connectivity index (χ0n) is 17.0. The van der Waals surface area contributed by atoms with Crippen LogP contribution in [0.25, 0.3) is 0 Å². The van der Waals surface area contributed by atoms with Crippen molar-refractivity contribution in [3.05, 3.63) is 66.0 Å². The quantitative estimate of drug-likeness (QED) is 0.695. The second kappa shape index (κ2) is 11.1. The van der Waals surface area contributed by atoms with Crippen LogP contribution in [-0.2, 0) is 27.3 Å². The molecule has 7 nitrogen and oxygen atoms in total. The first-order chi connectivity index (χ1) is 14.6. The first-order valence-electron chi connectivity index (χ1n) is 10.4. The molecule has 3 rings (SSSR count). The van der Waals surface area contributed by atoms with E-state index in [9.17, 15) is 14.4 Å². The van der Waals surface area contributed by atoms with E-state index in [1.807, 2.05) is 42.5 Å². The number of hydrogen-bond donors (Lipinski definition) is 2. The van der Waals surface area contributed by atoms with E-state index in [0.717, 1.165) is 24.0 Å². The van der Waals surface area contributed by atoms with Gasteiger partial charge in [-0.15, -0.1) is 0 Å². The smallest absolute Gasteiger partial charge is 0.227 e. The number of aromatic nitrogens is 1. The summed E-state index contributed by atoms with van der Waals surface area (Å²) in [5.41, 5.74) is 1.96. The van der Waals surface area contributed by atoms with E-state index in [1.54, 1.807) is 17.3 Å². The lowest BCUT2D eigenvalue weighted by atomic mass is 9.96. The van der Waals surface area contributed by atoms with E-state index in [2.05, 4.69) is 15.6 Å². The highest BCUT2D eigenvalue weighted by atomic mass is 16.2. The lowest BCUT2D eigenvalue weighted by Crippen LogP contribution is -2.46. The third kappa shape index (κ3) is 6.69. The molecule has 1 unspecified atom stereocenters. The number of carbonyl (C=O) groups is 3. The highest BCUT2D eigenvalue weighted by Gasteiger charge is 2.28. The van der Waals surface area contributed by atoms with Crippen LogP contribution in [0, 0.1) is 5.92 Å². The molecule has 1 aromatic heterocycles. The largest absolute Gasteiger partial charge is 0.355 e. The molecule has 2 N–H and O–H groups in total. The first-order valence-corrected chi connectivity index (χ1v) is 10.4. The highest BCUT2D eigenvalue weighted by Crippen LogP contribution is 2.18. The predicted molar refractivity (Wildman–Crippen MR) is 113 cm³/mol. The fourth-order valence-corrected chi connectivity index (χ4v) is 3.53. The Kier molecular flexibility index (Phi) is 7.94. The molecule has 0 saturated carbocycles. The van der Waals surface area contributed by atoms with Gasteiger partial charge < -0.3 is 15.5 Å². The summed E-state index contributed by atoms with van der Waals surface area (Å²) in [7, 11) is 0. The van der Waals surface area contributed by atoms with Crippen molar-refractivity contribution in [3.63, 3.8) is 0 Å². The van der Waals surface area contributed by atoms with Crippen LogP contribution < -0.4 is 10.6 Å². The molecule has 0 radical (unpaired) electrons. The van der Waals surface area contributed by atoms with E-state index in [1.165, 1.54) is 0 Å². The summed E-state index contributed by atoms with van der Waals surface area (Å²) < 4.78 is 0. The lowest BCUT2D eigenvalue weighted by molar-refractivity contribution is -0.135. The number of amides is 3. The zero-order chi connectivity index (χ0) is 21.2. The summed E-state index contributed by atoms with van der Waals surface area (Å²) in [4.78, 5) is 42.7. The van der Waals surface area contributed by atoms with Gasteiger partial charge in [-0.25, -0.2) is 0 Å². The maximum atomic E-state index is 12.6. The molecule has 3 amide bonds. The summed E-state index contributed by atoms with van der Waals surface area (Å²) in [5, 5.41) is 5.67. The molecule has 7 heteroatoms. The van der Waals surface area contributed by atoms with E-state index < -0.39 is 0 Å². The Balaban J connectivity index is 1.37. The second-order valence-corrected chi connectivity index (χ2v) is 7.51. The normalized spacial score (nSPS) is 16.0. The Morgan fingerprint density at radius 1 is 1.00 bits per heavy atom. The molecule has 0 spiro atoms. The van der Waals surface area contributed by atoms with Crippen LogP contribution in [0.15, 0.2) is 54.9 Å². The molecular formula is C23H28N4O3. The standard InChI is InChI=1S/C23H28N4O3/c28-21(26-16-19-8-11-24-12-9-19)10-13-25-23(30)20-7-4-14-27(17-20)22(29)15-18-5-2-1-3-6-18/h1-3,5-6,8-9,11-12,20H,4,7,10,13-17H2,(H,25,30)(H,26,28). The summed E-state index contributed by atoms with van der Waals surface area (Å²) in [5.74, 6) is -0.378. The Morgan fingerprint density at radius 2 is 1.77 bits per heavy atom. The van der Waals surface area contributed by atoms with Gasteiger partial charge in [0.2, 0.25) is 17.7 Å². The van der Waals surface area contributed by atoms with Crippen LogP contribution >= 0.6 is 0 Å². The summed E-state index contributed by atoms with van der Waals surface area (Å²) in [6.07, 6.45) is 5.51. The molecule has 1 fully saturated rings. The second-order valence-electron chi connectivity index (χ2n) is 7.51. The van der Waals surface area contributed by atoms with Gasteiger partial charge in [-0.3, -0.25) is 19.4 Å². The maximum Gasteiger partial charge on any atom is 0.227 e. The van der Waals surface area contributed by atoms with Crippen LogP contribution in [0.3, 0.4) is 0 Å². The van der Waals surface area contributed by atoms with Gasteiger partial charge in [0.25, 0.3) is 0 Å². The Hall–Kier alpha value is -3.22. The maximum absolute atomic E-state index is 12.6. The lowest BCUT2D eigenvalue weighted by Gasteiger charge is -2.32. The number of likely N-dealkylation sites (tertiary alicyclic amines) is 1. The average molecular weight is 409 g/mol. The molecule has 158 valence electrons. The number of carbonyl (C=O) groups excluding carboxylic acids is 3. The molecule has 1 aromatic carbocycles. The minimum absolute atomic E-state index is 0.0502. The van der Waals surface area contributed by atoms with Crippen molar-refractivity contribution < 1.29 is 14.4 Å². The topological polar surface area (TPSA) is 91.4 Å². The van der Waals surface area contributed by atoms with Crippen LogP contribution in [-0.4, -0.2) is 47.2 Å². The van der Waals surface area contributed by atoms with E-state index in [4.69, 9.17) is 0 Å². The van der Waals surface area contributed by atoms with Crippen molar-refractivity contribution in [1.82, 2.24) is 20.5 Å². The van der Waals surface area contributed by atoms with Crippen LogP contribution in [0.5, 0.6) is 0 Å². The molecule has 0 aliphatic carbocycles. The first kappa shape index (κ1) is 21.5. The number of pyridine rings is 1. The molecule has 1 atom stereocenters. The monoisotopic (exact) mass is 408 g/mol. The van der Waals surface area contributed by atoms with Crippen LogP contribution in [0.2, 0.25) is 0 Å². The molecule has 1 aliphatic rings. The summed E-state index contributed by atoms with van der Waals surface area (Å²) in [6.45, 7) is 1.85. The fraction of sp³-hybridized carbons (Fsp3) is 0.391. The highest BCUT2D eigenvalue weighted by molar-refractivity contribution is 5.83. The Bertz CT molecular complexity index is 842. The SMILES string of the molecule is O=C(CCNC(=O)C1CCCN(C(=O)Cc2ccccc2)C1)NCc1ccncc1. The average Bonchev–Trinajstić information content (AvgIpc) is 2.79. The van der Waals surface area contributed by atoms with Crippen molar-refractivity contribution in [1.29, 1.82) is 0 Å². The number of hydrogen-bond acceptors (Lipinski definition) is 4. The van der Waals surface area contributed by atoms with Crippen molar-refractivity contribution in [3.8, 4) is 0 Å². The Morgan fingerprint density at radius 3 is 2.53 bits per heavy atom. The fourth-order valence-electron chi connectivity index (χ4n) is 3.53. The van der Waals surface area contributed by atoms with E-state index >= 15 is 0 Å². The number of benzene rings is 1. The van der Waals surface area contributed by atoms with Gasteiger partial charge in [-0.2, -0.15) is 0 Å². The van der Waals surface area contributed by atoms with Crippen molar-refractivity contribution >= 4 is 17.7 Å². The van der Waals surface area contributed by atoms with Gasteiger partial charge in [0.15, 0.2) is 0 Å². The third-order valence-electron chi connectivity index (χ3n) is 5.23. The van der Waals surface area contributed by atoms with E-state index in [-0.39, 0.29) is 36.6 Å². The minimum Gasteiger partial charge on any atom is -0.355 e. The third-order valence-corrected chi connectivity index (χ3v) is 5.23. The molecular weight excluding hydrogens is 380 g/mol. The van der Waals surface area contributed by atoms with Gasteiger partial charge in [-0.1, -0.05) is 30.3 Å². The van der Waals surface area contributed by atoms with Crippen molar-refractivity contribution in [2.45, 2.75) is 32.2 Å². The molecule has 1 aliphatic heterocycles. The van der Waals surface area contributed by atoms with Gasteiger partial charge >= 0.3 is 0 Å². The molecule has 0 bridgehead atoms. The van der Waals surface area contributed by atoms with E-state index in [0.29, 0.717) is 26.1 Å². The summed E-state index contributed by atoms with van der Waals surface area (Å²) >= 11 is 0.